The Bertz CT molecular complexity index is 1110. The van der Waals surface area contributed by atoms with E-state index in [0.717, 1.165) is 22.6 Å². The zero-order chi connectivity index (χ0) is 19.5. The van der Waals surface area contributed by atoms with Crippen LogP contribution in [-0.2, 0) is 5.75 Å². The molecule has 1 aromatic heterocycles. The molecule has 0 N–H and O–H groups in total. The molecule has 0 aliphatic rings. The third-order valence-corrected chi connectivity index (χ3v) is 5.54. The highest BCUT2D eigenvalue weighted by molar-refractivity contribution is 7.98. The van der Waals surface area contributed by atoms with Crippen LogP contribution < -0.4 is 0 Å². The molecule has 3 aromatic carbocycles. The van der Waals surface area contributed by atoms with Crippen molar-refractivity contribution in [3.8, 4) is 17.1 Å². The quantitative estimate of drug-likeness (QED) is 0.361. The first-order chi connectivity index (χ1) is 13.6. The van der Waals surface area contributed by atoms with Crippen molar-refractivity contribution >= 4 is 23.4 Å². The normalized spacial score (nSPS) is 11.0. The summed E-state index contributed by atoms with van der Waals surface area (Å²) in [5.74, 6) is 0.986. The molecule has 0 spiro atoms. The summed E-state index contributed by atoms with van der Waals surface area (Å²) in [6.45, 7) is 2.04. The minimum atomic E-state index is -0.216. The summed E-state index contributed by atoms with van der Waals surface area (Å²) >= 11 is 7.51. The van der Waals surface area contributed by atoms with Crippen molar-refractivity contribution in [3.05, 3.63) is 94.8 Å². The van der Waals surface area contributed by atoms with Crippen molar-refractivity contribution in [2.24, 2.45) is 0 Å². The van der Waals surface area contributed by atoms with Crippen molar-refractivity contribution in [2.45, 2.75) is 17.8 Å². The predicted molar refractivity (Wildman–Crippen MR) is 113 cm³/mol. The van der Waals surface area contributed by atoms with Gasteiger partial charge in [-0.1, -0.05) is 65.3 Å². The molecule has 0 saturated heterocycles. The molecule has 3 nitrogen and oxygen atoms in total. The van der Waals surface area contributed by atoms with Gasteiger partial charge < -0.3 is 0 Å². The number of hydrogen-bond acceptors (Lipinski definition) is 3. The smallest absolute Gasteiger partial charge is 0.196 e. The molecule has 28 heavy (non-hydrogen) atoms. The number of benzene rings is 3. The molecule has 140 valence electrons. The fraction of sp³-hybridized carbons (Fsp3) is 0.0909. The van der Waals surface area contributed by atoms with E-state index >= 15 is 0 Å². The van der Waals surface area contributed by atoms with E-state index in [-0.39, 0.29) is 5.82 Å². The van der Waals surface area contributed by atoms with Crippen LogP contribution in [0.5, 0.6) is 0 Å². The maximum Gasteiger partial charge on any atom is 0.196 e. The topological polar surface area (TPSA) is 30.7 Å². The van der Waals surface area contributed by atoms with Crippen LogP contribution in [0.25, 0.3) is 17.1 Å². The zero-order valence-corrected chi connectivity index (χ0v) is 16.7. The molecule has 0 aliphatic carbocycles. The van der Waals surface area contributed by atoms with Gasteiger partial charge in [0, 0.05) is 22.0 Å². The van der Waals surface area contributed by atoms with Gasteiger partial charge in [-0.05, 0) is 48.9 Å². The lowest BCUT2D eigenvalue weighted by atomic mass is 10.1. The second-order valence-corrected chi connectivity index (χ2v) is 7.75. The van der Waals surface area contributed by atoms with Crippen LogP contribution in [0.3, 0.4) is 0 Å². The van der Waals surface area contributed by atoms with Gasteiger partial charge in [0.25, 0.3) is 0 Å². The van der Waals surface area contributed by atoms with Crippen LogP contribution >= 0.6 is 23.4 Å². The molecular weight excluding hydrogens is 393 g/mol. The highest BCUT2D eigenvalue weighted by Crippen LogP contribution is 2.31. The van der Waals surface area contributed by atoms with Crippen molar-refractivity contribution in [1.82, 2.24) is 14.8 Å². The van der Waals surface area contributed by atoms with Crippen LogP contribution in [0, 0.1) is 12.7 Å². The molecule has 1 heterocycles. The van der Waals surface area contributed by atoms with E-state index in [1.54, 1.807) is 12.1 Å². The highest BCUT2D eigenvalue weighted by atomic mass is 35.5. The lowest BCUT2D eigenvalue weighted by Gasteiger charge is -2.11. The zero-order valence-electron chi connectivity index (χ0n) is 15.1. The molecule has 0 atom stereocenters. The Morgan fingerprint density at radius 3 is 2.50 bits per heavy atom. The summed E-state index contributed by atoms with van der Waals surface area (Å²) in [7, 11) is 0. The number of nitrogens with zero attached hydrogens (tertiary/aromatic N) is 3. The standard InChI is InChI=1S/C22H17ClFN3S/c1-15-5-4-7-16(13-15)21-25-26-22(27(21)19-11-9-18(23)10-12-19)28-14-17-6-2-3-8-20(17)24/h2-13H,14H2,1H3. The third kappa shape index (κ3) is 3.96. The fourth-order valence-electron chi connectivity index (χ4n) is 2.92. The maximum absolute atomic E-state index is 14.0. The number of thioether (sulfide) groups is 1. The largest absolute Gasteiger partial charge is 0.270 e. The molecule has 4 aromatic rings. The first kappa shape index (κ1) is 18.7. The van der Waals surface area contributed by atoms with E-state index in [4.69, 9.17) is 11.6 Å². The Labute approximate surface area is 172 Å². The van der Waals surface area contributed by atoms with Crippen molar-refractivity contribution in [1.29, 1.82) is 0 Å². The molecule has 0 aliphatic heterocycles. The lowest BCUT2D eigenvalue weighted by Crippen LogP contribution is -2.00. The number of hydrogen-bond donors (Lipinski definition) is 0. The van der Waals surface area contributed by atoms with E-state index in [1.807, 2.05) is 60.0 Å². The van der Waals surface area contributed by atoms with Gasteiger partial charge in [-0.2, -0.15) is 0 Å². The van der Waals surface area contributed by atoms with Crippen LogP contribution in [0.2, 0.25) is 5.02 Å². The van der Waals surface area contributed by atoms with E-state index in [1.165, 1.54) is 17.8 Å². The van der Waals surface area contributed by atoms with E-state index in [2.05, 4.69) is 16.3 Å². The molecule has 0 saturated carbocycles. The number of rotatable bonds is 5. The van der Waals surface area contributed by atoms with Gasteiger partial charge in [0.05, 0.1) is 0 Å². The first-order valence-electron chi connectivity index (χ1n) is 8.76. The number of halogens is 2. The molecule has 0 fully saturated rings. The molecule has 0 radical (unpaired) electrons. The third-order valence-electron chi connectivity index (χ3n) is 4.31. The fourth-order valence-corrected chi connectivity index (χ4v) is 3.98. The maximum atomic E-state index is 14.0. The summed E-state index contributed by atoms with van der Waals surface area (Å²) in [6.07, 6.45) is 0. The highest BCUT2D eigenvalue weighted by Gasteiger charge is 2.17. The van der Waals surface area contributed by atoms with Gasteiger partial charge in [0.15, 0.2) is 11.0 Å². The van der Waals surface area contributed by atoms with E-state index in [0.29, 0.717) is 21.5 Å². The average molecular weight is 410 g/mol. The summed E-state index contributed by atoms with van der Waals surface area (Å²) in [6, 6.07) is 22.4. The van der Waals surface area contributed by atoms with Crippen LogP contribution in [0.4, 0.5) is 4.39 Å². The molecule has 0 unspecified atom stereocenters. The van der Waals surface area contributed by atoms with Gasteiger partial charge >= 0.3 is 0 Å². The van der Waals surface area contributed by atoms with Gasteiger partial charge in [0.2, 0.25) is 0 Å². The Kier molecular flexibility index (Phi) is 5.46. The second kappa shape index (κ2) is 8.17. The minimum Gasteiger partial charge on any atom is -0.270 e. The van der Waals surface area contributed by atoms with Crippen LogP contribution in [-0.4, -0.2) is 14.8 Å². The number of aryl methyl sites for hydroxylation is 1. The van der Waals surface area contributed by atoms with Crippen LogP contribution in [0.1, 0.15) is 11.1 Å². The van der Waals surface area contributed by atoms with E-state index in [9.17, 15) is 4.39 Å². The first-order valence-corrected chi connectivity index (χ1v) is 10.1. The molecule has 6 heteroatoms. The average Bonchev–Trinajstić information content (AvgIpc) is 3.12. The minimum absolute atomic E-state index is 0.216. The Balaban J connectivity index is 1.76. The summed E-state index contributed by atoms with van der Waals surface area (Å²) in [5.41, 5.74) is 3.65. The Morgan fingerprint density at radius 1 is 0.964 bits per heavy atom. The molecule has 0 amide bonds. The van der Waals surface area contributed by atoms with Crippen molar-refractivity contribution < 1.29 is 4.39 Å². The van der Waals surface area contributed by atoms with Gasteiger partial charge in [-0.3, -0.25) is 4.57 Å². The SMILES string of the molecule is Cc1cccc(-c2nnc(SCc3ccccc3F)n2-c2ccc(Cl)cc2)c1. The molecule has 0 bridgehead atoms. The van der Waals surface area contributed by atoms with Crippen molar-refractivity contribution in [2.75, 3.05) is 0 Å². The molecular formula is C22H17ClFN3S. The van der Waals surface area contributed by atoms with Gasteiger partial charge in [-0.15, -0.1) is 10.2 Å². The summed E-state index contributed by atoms with van der Waals surface area (Å²) < 4.78 is 16.0. The van der Waals surface area contributed by atoms with Gasteiger partial charge in [-0.25, -0.2) is 4.39 Å². The molecule has 4 rings (SSSR count). The van der Waals surface area contributed by atoms with E-state index < -0.39 is 0 Å². The Hall–Kier alpha value is -2.63. The second-order valence-electron chi connectivity index (χ2n) is 6.37. The summed E-state index contributed by atoms with van der Waals surface area (Å²) in [4.78, 5) is 0. The van der Waals surface area contributed by atoms with Gasteiger partial charge in [0.1, 0.15) is 5.82 Å². The lowest BCUT2D eigenvalue weighted by molar-refractivity contribution is 0.617. The van der Waals surface area contributed by atoms with Crippen LogP contribution in [0.15, 0.2) is 78.0 Å². The Morgan fingerprint density at radius 2 is 1.75 bits per heavy atom. The summed E-state index contributed by atoms with van der Waals surface area (Å²) in [5, 5.41) is 10.2. The monoisotopic (exact) mass is 409 g/mol. The predicted octanol–water partition coefficient (Wildman–Crippen LogP) is 6.33. The van der Waals surface area contributed by atoms with Crippen molar-refractivity contribution in [3.63, 3.8) is 0 Å². The number of aromatic nitrogens is 3.